The minimum atomic E-state index is 0. The molecule has 1 saturated carbocycles. The van der Waals surface area contributed by atoms with Gasteiger partial charge >= 0.3 is 0 Å². The molecule has 2 aromatic carbocycles. The van der Waals surface area contributed by atoms with Crippen LogP contribution >= 0.6 is 24.2 Å². The number of nitrogens with zero attached hydrogens (tertiary/aromatic N) is 1. The smallest absolute Gasteiger partial charge is 0.0201 e. The number of rotatable bonds is 5. The van der Waals surface area contributed by atoms with Gasteiger partial charge in [0, 0.05) is 22.9 Å². The zero-order valence-corrected chi connectivity index (χ0v) is 20.3. The van der Waals surface area contributed by atoms with Gasteiger partial charge in [0.25, 0.3) is 0 Å². The Bertz CT molecular complexity index is 842. The van der Waals surface area contributed by atoms with E-state index in [0.717, 1.165) is 5.92 Å². The van der Waals surface area contributed by atoms with Gasteiger partial charge in [-0.2, -0.15) is 0 Å². The minimum Gasteiger partial charge on any atom is -0.303 e. The molecule has 0 spiro atoms. The van der Waals surface area contributed by atoms with Crippen molar-refractivity contribution in [2.75, 3.05) is 19.6 Å². The van der Waals surface area contributed by atoms with Crippen LogP contribution in [-0.4, -0.2) is 24.5 Å². The van der Waals surface area contributed by atoms with Crippen molar-refractivity contribution < 1.29 is 0 Å². The lowest BCUT2D eigenvalue weighted by atomic mass is 9.85. The van der Waals surface area contributed by atoms with E-state index in [2.05, 4.69) is 53.4 Å². The van der Waals surface area contributed by atoms with Crippen LogP contribution in [0.4, 0.5) is 0 Å². The van der Waals surface area contributed by atoms with Crippen LogP contribution in [-0.2, 0) is 0 Å². The number of halogens is 1. The summed E-state index contributed by atoms with van der Waals surface area (Å²) in [5, 5.41) is 0. The molecule has 3 aliphatic rings. The number of likely N-dealkylation sites (tertiary alicyclic amines) is 1. The molecule has 1 saturated heterocycles. The van der Waals surface area contributed by atoms with Crippen LogP contribution in [0.2, 0.25) is 0 Å². The zero-order valence-electron chi connectivity index (χ0n) is 18.7. The van der Waals surface area contributed by atoms with Crippen molar-refractivity contribution in [2.45, 2.75) is 74.0 Å². The SMILES string of the molecule is Cl.c1ccc2c(c1)Sc1ccccc1C2=C1CCN(CCCCC2CCCCC2)CC1. The summed E-state index contributed by atoms with van der Waals surface area (Å²) in [4.78, 5) is 5.56. The van der Waals surface area contributed by atoms with E-state index in [-0.39, 0.29) is 12.4 Å². The Morgan fingerprint density at radius 2 is 1.39 bits per heavy atom. The van der Waals surface area contributed by atoms with E-state index < -0.39 is 0 Å². The second kappa shape index (κ2) is 11.1. The lowest BCUT2D eigenvalue weighted by Gasteiger charge is -2.32. The Morgan fingerprint density at radius 1 is 0.774 bits per heavy atom. The van der Waals surface area contributed by atoms with Crippen molar-refractivity contribution in [2.24, 2.45) is 5.92 Å². The molecule has 0 N–H and O–H groups in total. The Labute approximate surface area is 199 Å². The van der Waals surface area contributed by atoms with E-state index in [0.29, 0.717) is 0 Å². The maximum atomic E-state index is 2.72. The average Bonchev–Trinajstić information content (AvgIpc) is 2.81. The summed E-state index contributed by atoms with van der Waals surface area (Å²) in [6, 6.07) is 18.0. The molecule has 1 aliphatic carbocycles. The fourth-order valence-electron chi connectivity index (χ4n) is 5.71. The number of piperidine rings is 1. The number of hydrogen-bond donors (Lipinski definition) is 0. The summed E-state index contributed by atoms with van der Waals surface area (Å²) in [5.41, 5.74) is 6.12. The fraction of sp³-hybridized carbons (Fsp3) is 0.500. The lowest BCUT2D eigenvalue weighted by molar-refractivity contribution is 0.244. The van der Waals surface area contributed by atoms with Crippen molar-refractivity contribution in [3.63, 3.8) is 0 Å². The first-order valence-corrected chi connectivity index (χ1v) is 13.0. The second-order valence-electron chi connectivity index (χ2n) is 9.41. The number of hydrogen-bond acceptors (Lipinski definition) is 2. The summed E-state index contributed by atoms with van der Waals surface area (Å²) >= 11 is 1.93. The van der Waals surface area contributed by atoms with Gasteiger partial charge < -0.3 is 4.90 Å². The summed E-state index contributed by atoms with van der Waals surface area (Å²) in [6.07, 6.45) is 14.2. The summed E-state index contributed by atoms with van der Waals surface area (Å²) in [7, 11) is 0. The van der Waals surface area contributed by atoms with Gasteiger partial charge in [-0.25, -0.2) is 0 Å². The van der Waals surface area contributed by atoms with E-state index >= 15 is 0 Å². The largest absolute Gasteiger partial charge is 0.303 e. The van der Waals surface area contributed by atoms with E-state index in [1.54, 1.807) is 5.57 Å². The van der Waals surface area contributed by atoms with E-state index in [9.17, 15) is 0 Å². The molecule has 2 heterocycles. The van der Waals surface area contributed by atoms with Crippen LogP contribution < -0.4 is 0 Å². The predicted octanol–water partition coefficient (Wildman–Crippen LogP) is 8.22. The monoisotopic (exact) mass is 453 g/mol. The number of benzene rings is 2. The third kappa shape index (κ3) is 5.41. The van der Waals surface area contributed by atoms with Gasteiger partial charge in [0.15, 0.2) is 0 Å². The van der Waals surface area contributed by atoms with Gasteiger partial charge in [0.1, 0.15) is 0 Å². The fourth-order valence-corrected chi connectivity index (χ4v) is 6.80. The minimum absolute atomic E-state index is 0. The van der Waals surface area contributed by atoms with Gasteiger partial charge in [-0.3, -0.25) is 0 Å². The lowest BCUT2D eigenvalue weighted by Crippen LogP contribution is -2.32. The molecule has 0 unspecified atom stereocenters. The molecule has 2 aromatic rings. The number of unbranched alkanes of at least 4 members (excludes halogenated alkanes) is 1. The molecular weight excluding hydrogens is 418 g/mol. The second-order valence-corrected chi connectivity index (χ2v) is 10.5. The highest BCUT2D eigenvalue weighted by molar-refractivity contribution is 7.99. The van der Waals surface area contributed by atoms with Crippen LogP contribution in [0.25, 0.3) is 5.57 Å². The molecule has 1 nitrogen and oxygen atoms in total. The highest BCUT2D eigenvalue weighted by atomic mass is 35.5. The van der Waals surface area contributed by atoms with Crippen molar-refractivity contribution in [1.82, 2.24) is 4.90 Å². The normalized spacial score (nSPS) is 19.5. The van der Waals surface area contributed by atoms with Crippen LogP contribution in [0.3, 0.4) is 0 Å². The maximum Gasteiger partial charge on any atom is 0.0201 e. The standard InChI is InChI=1S/C28H35NS.ClH/c1-2-10-22(11-3-1)12-8-9-19-29-20-17-23(18-21-29)28-24-13-4-6-15-26(24)30-27-16-7-5-14-25(27)28;/h4-7,13-16,22H,1-3,8-12,17-21H2;1H. The maximum absolute atomic E-state index is 2.72. The molecule has 0 atom stereocenters. The van der Waals surface area contributed by atoms with Crippen molar-refractivity contribution in [3.05, 3.63) is 65.2 Å². The van der Waals surface area contributed by atoms with E-state index in [4.69, 9.17) is 0 Å². The molecule has 2 aliphatic heterocycles. The molecule has 3 heteroatoms. The third-order valence-corrected chi connectivity index (χ3v) is 8.56. The Balaban J connectivity index is 0.00000231. The van der Waals surface area contributed by atoms with Gasteiger partial charge in [0.2, 0.25) is 0 Å². The van der Waals surface area contributed by atoms with Gasteiger partial charge in [-0.15, -0.1) is 12.4 Å². The van der Waals surface area contributed by atoms with Crippen molar-refractivity contribution >= 4 is 29.7 Å². The van der Waals surface area contributed by atoms with Crippen molar-refractivity contribution in [1.29, 1.82) is 0 Å². The van der Waals surface area contributed by atoms with Crippen LogP contribution in [0.1, 0.15) is 75.3 Å². The molecular formula is C28H36ClNS. The molecule has 0 aromatic heterocycles. The molecule has 0 radical (unpaired) electrons. The Hall–Kier alpha value is -1.22. The number of fused-ring (bicyclic) bond motifs is 2. The molecule has 5 rings (SSSR count). The molecule has 2 fully saturated rings. The molecule has 31 heavy (non-hydrogen) atoms. The zero-order chi connectivity index (χ0) is 20.2. The predicted molar refractivity (Wildman–Crippen MR) is 136 cm³/mol. The summed E-state index contributed by atoms with van der Waals surface area (Å²) in [6.45, 7) is 3.78. The van der Waals surface area contributed by atoms with Crippen LogP contribution in [0, 0.1) is 5.92 Å². The van der Waals surface area contributed by atoms with Gasteiger partial charge in [-0.1, -0.05) is 98.7 Å². The Morgan fingerprint density at radius 3 is 2.03 bits per heavy atom. The molecule has 0 bridgehead atoms. The summed E-state index contributed by atoms with van der Waals surface area (Å²) < 4.78 is 0. The third-order valence-electron chi connectivity index (χ3n) is 7.41. The van der Waals surface area contributed by atoms with E-state index in [1.165, 1.54) is 110 Å². The topological polar surface area (TPSA) is 3.24 Å². The first-order chi connectivity index (χ1) is 14.9. The van der Waals surface area contributed by atoms with Crippen LogP contribution in [0.5, 0.6) is 0 Å². The molecule has 0 amide bonds. The van der Waals surface area contributed by atoms with Gasteiger partial charge in [-0.05, 0) is 60.6 Å². The molecule has 166 valence electrons. The van der Waals surface area contributed by atoms with Crippen LogP contribution in [0.15, 0.2) is 63.9 Å². The highest BCUT2D eigenvalue weighted by Crippen LogP contribution is 2.47. The van der Waals surface area contributed by atoms with E-state index in [1.807, 2.05) is 11.8 Å². The van der Waals surface area contributed by atoms with Crippen molar-refractivity contribution in [3.8, 4) is 0 Å². The first-order valence-electron chi connectivity index (χ1n) is 12.2. The Kier molecular flexibility index (Phi) is 8.20. The first kappa shape index (κ1) is 23.0. The van der Waals surface area contributed by atoms with Gasteiger partial charge in [0.05, 0.1) is 0 Å². The quantitative estimate of drug-likeness (QED) is 0.358. The summed E-state index contributed by atoms with van der Waals surface area (Å²) in [5.74, 6) is 1.04. The highest BCUT2D eigenvalue weighted by Gasteiger charge is 2.25. The average molecular weight is 454 g/mol.